The third kappa shape index (κ3) is 1.51. The number of rotatable bonds is 0. The van der Waals surface area contributed by atoms with Crippen molar-refractivity contribution in [3.63, 3.8) is 0 Å². The highest BCUT2D eigenvalue weighted by Gasteiger charge is 2.38. The average Bonchev–Trinajstić information content (AvgIpc) is 2.41. The summed E-state index contributed by atoms with van der Waals surface area (Å²) in [6, 6.07) is 0. The average molecular weight is 202 g/mol. The molecule has 3 atom stereocenters. The molecule has 2 aliphatic carbocycles. The molecule has 0 heterocycles. The van der Waals surface area contributed by atoms with Gasteiger partial charge < -0.3 is 0 Å². The first-order chi connectivity index (χ1) is 7.04. The Bertz CT molecular complexity index is 361. The van der Waals surface area contributed by atoms with Gasteiger partial charge in [0.25, 0.3) is 0 Å². The third-order valence-electron chi connectivity index (χ3n) is 4.23. The zero-order valence-corrected chi connectivity index (χ0v) is 10.6. The van der Waals surface area contributed by atoms with Crippen LogP contribution in [0.4, 0.5) is 0 Å². The lowest BCUT2D eigenvalue weighted by atomic mass is 9.74. The smallest absolute Gasteiger partial charge is 0.00542 e. The van der Waals surface area contributed by atoms with Crippen molar-refractivity contribution in [2.75, 3.05) is 0 Å². The second-order valence-electron chi connectivity index (χ2n) is 5.38. The van der Waals surface area contributed by atoms with Crippen molar-refractivity contribution in [3.05, 3.63) is 34.4 Å². The lowest BCUT2D eigenvalue weighted by Crippen LogP contribution is -2.21. The Kier molecular flexibility index (Phi) is 2.62. The van der Waals surface area contributed by atoms with E-state index in [4.69, 9.17) is 0 Å². The minimum atomic E-state index is 0.718. The molecule has 0 fully saturated rings. The second-order valence-corrected chi connectivity index (χ2v) is 5.38. The molecule has 0 bridgehead atoms. The van der Waals surface area contributed by atoms with Gasteiger partial charge in [-0.05, 0) is 63.0 Å². The highest BCUT2D eigenvalue weighted by Crippen LogP contribution is 2.49. The van der Waals surface area contributed by atoms with E-state index in [0.717, 1.165) is 17.8 Å². The van der Waals surface area contributed by atoms with Crippen molar-refractivity contribution >= 4 is 0 Å². The summed E-state index contributed by atoms with van der Waals surface area (Å²) < 4.78 is 0. The van der Waals surface area contributed by atoms with E-state index in [-0.39, 0.29) is 0 Å². The van der Waals surface area contributed by atoms with Crippen molar-refractivity contribution in [2.24, 2.45) is 17.8 Å². The lowest BCUT2D eigenvalue weighted by Gasteiger charge is -2.30. The predicted molar refractivity (Wildman–Crippen MR) is 66.6 cm³/mol. The summed E-state index contributed by atoms with van der Waals surface area (Å²) in [5.41, 5.74) is 6.36. The van der Waals surface area contributed by atoms with Crippen molar-refractivity contribution in [1.29, 1.82) is 0 Å². The summed E-state index contributed by atoms with van der Waals surface area (Å²) in [4.78, 5) is 0. The van der Waals surface area contributed by atoms with E-state index >= 15 is 0 Å². The summed E-state index contributed by atoms with van der Waals surface area (Å²) in [5.74, 6) is 2.27. The summed E-state index contributed by atoms with van der Waals surface area (Å²) in [6.07, 6.45) is 6.01. The standard InChI is InChI=1S/C15H22/c1-9(2)14-11(4)12(5)15-10(3)7-6-8-13(14)15/h6-7,10,13,15H,8H2,1-5H3. The normalized spacial score (nSPS) is 34.7. The quantitative estimate of drug-likeness (QED) is 0.507. The fourth-order valence-corrected chi connectivity index (χ4v) is 3.55. The van der Waals surface area contributed by atoms with Crippen molar-refractivity contribution in [3.8, 4) is 0 Å². The van der Waals surface area contributed by atoms with Gasteiger partial charge in [0.05, 0.1) is 0 Å². The summed E-state index contributed by atoms with van der Waals surface area (Å²) in [6.45, 7) is 11.5. The number of hydrogen-bond acceptors (Lipinski definition) is 0. The molecule has 0 saturated carbocycles. The van der Waals surface area contributed by atoms with E-state index in [1.165, 1.54) is 12.0 Å². The molecule has 0 spiro atoms. The molecule has 2 aliphatic rings. The van der Waals surface area contributed by atoms with Crippen LogP contribution in [0.3, 0.4) is 0 Å². The van der Waals surface area contributed by atoms with Crippen LogP contribution in [0.25, 0.3) is 0 Å². The van der Waals surface area contributed by atoms with Gasteiger partial charge in [-0.3, -0.25) is 0 Å². The van der Waals surface area contributed by atoms with Crippen LogP contribution in [-0.2, 0) is 0 Å². The number of fused-ring (bicyclic) bond motifs is 1. The van der Waals surface area contributed by atoms with E-state index in [9.17, 15) is 0 Å². The number of allylic oxidation sites excluding steroid dienone is 6. The third-order valence-corrected chi connectivity index (χ3v) is 4.23. The molecule has 0 aromatic carbocycles. The maximum absolute atomic E-state index is 2.39. The Morgan fingerprint density at radius 3 is 2.53 bits per heavy atom. The van der Waals surface area contributed by atoms with Crippen LogP contribution in [0.2, 0.25) is 0 Å². The molecule has 0 aromatic heterocycles. The molecule has 0 amide bonds. The molecule has 15 heavy (non-hydrogen) atoms. The van der Waals surface area contributed by atoms with Gasteiger partial charge in [0.1, 0.15) is 0 Å². The fraction of sp³-hybridized carbons (Fsp3) is 0.600. The Morgan fingerprint density at radius 1 is 1.27 bits per heavy atom. The first-order valence-electron chi connectivity index (χ1n) is 6.05. The van der Waals surface area contributed by atoms with E-state index in [0.29, 0.717) is 0 Å². The Morgan fingerprint density at radius 2 is 1.93 bits per heavy atom. The van der Waals surface area contributed by atoms with Crippen LogP contribution in [0.1, 0.15) is 41.0 Å². The van der Waals surface area contributed by atoms with Gasteiger partial charge >= 0.3 is 0 Å². The van der Waals surface area contributed by atoms with Crippen LogP contribution < -0.4 is 0 Å². The molecule has 0 aromatic rings. The van der Waals surface area contributed by atoms with Gasteiger partial charge in [0.2, 0.25) is 0 Å². The van der Waals surface area contributed by atoms with E-state index < -0.39 is 0 Å². The van der Waals surface area contributed by atoms with Crippen LogP contribution in [0.15, 0.2) is 34.4 Å². The van der Waals surface area contributed by atoms with Gasteiger partial charge in [0, 0.05) is 0 Å². The largest absolute Gasteiger partial charge is 0.0876 e. The molecule has 0 saturated heterocycles. The fourth-order valence-electron chi connectivity index (χ4n) is 3.55. The van der Waals surface area contributed by atoms with E-state index in [1.807, 2.05) is 0 Å². The minimum Gasteiger partial charge on any atom is -0.0876 e. The molecular weight excluding hydrogens is 180 g/mol. The monoisotopic (exact) mass is 202 g/mol. The minimum absolute atomic E-state index is 0.718. The molecule has 82 valence electrons. The molecule has 0 N–H and O–H groups in total. The highest BCUT2D eigenvalue weighted by molar-refractivity contribution is 5.47. The zero-order chi connectivity index (χ0) is 11.2. The van der Waals surface area contributed by atoms with Gasteiger partial charge in [-0.2, -0.15) is 0 Å². The Hall–Kier alpha value is -0.780. The first-order valence-corrected chi connectivity index (χ1v) is 6.05. The molecule has 0 heteroatoms. The lowest BCUT2D eigenvalue weighted by molar-refractivity contribution is 0.363. The Labute approximate surface area is 93.8 Å². The summed E-state index contributed by atoms with van der Waals surface area (Å²) >= 11 is 0. The maximum atomic E-state index is 2.39. The van der Waals surface area contributed by atoms with Gasteiger partial charge in [-0.15, -0.1) is 0 Å². The van der Waals surface area contributed by atoms with Gasteiger partial charge in [-0.25, -0.2) is 0 Å². The molecular formula is C15H22. The molecule has 0 radical (unpaired) electrons. The SMILES string of the molecule is CC(C)=C1C(C)=C(C)C2C(C)C=CCC12. The Balaban J connectivity index is 2.50. The van der Waals surface area contributed by atoms with Crippen molar-refractivity contribution in [2.45, 2.75) is 41.0 Å². The number of hydrogen-bond donors (Lipinski definition) is 0. The van der Waals surface area contributed by atoms with Crippen LogP contribution >= 0.6 is 0 Å². The van der Waals surface area contributed by atoms with Gasteiger partial charge in [0.15, 0.2) is 0 Å². The zero-order valence-electron chi connectivity index (χ0n) is 10.6. The first kappa shape index (κ1) is 10.7. The molecule has 2 rings (SSSR count). The molecule has 3 unspecified atom stereocenters. The van der Waals surface area contributed by atoms with E-state index in [1.54, 1.807) is 16.7 Å². The highest BCUT2D eigenvalue weighted by atomic mass is 14.4. The summed E-state index contributed by atoms with van der Waals surface area (Å²) in [5, 5.41) is 0. The van der Waals surface area contributed by atoms with Crippen LogP contribution in [0.5, 0.6) is 0 Å². The topological polar surface area (TPSA) is 0 Å². The molecule has 0 aliphatic heterocycles. The van der Waals surface area contributed by atoms with E-state index in [2.05, 4.69) is 46.8 Å². The van der Waals surface area contributed by atoms with Crippen LogP contribution in [0, 0.1) is 17.8 Å². The predicted octanol–water partition coefficient (Wildman–Crippen LogP) is 4.50. The molecule has 0 nitrogen and oxygen atoms in total. The summed E-state index contributed by atoms with van der Waals surface area (Å²) in [7, 11) is 0. The van der Waals surface area contributed by atoms with Crippen LogP contribution in [-0.4, -0.2) is 0 Å². The second kappa shape index (κ2) is 3.66. The maximum Gasteiger partial charge on any atom is -0.00542 e. The van der Waals surface area contributed by atoms with Crippen molar-refractivity contribution in [1.82, 2.24) is 0 Å². The van der Waals surface area contributed by atoms with Gasteiger partial charge in [-0.1, -0.05) is 30.2 Å². The van der Waals surface area contributed by atoms with Crippen molar-refractivity contribution < 1.29 is 0 Å².